The van der Waals surface area contributed by atoms with Crippen LogP contribution in [0.5, 0.6) is 0 Å². The molecule has 4 nitrogen and oxygen atoms in total. The number of hydrogen-bond donors (Lipinski definition) is 2. The van der Waals surface area contributed by atoms with Crippen molar-refractivity contribution < 1.29 is 19.8 Å². The van der Waals surface area contributed by atoms with Crippen molar-refractivity contribution in [3.8, 4) is 0 Å². The van der Waals surface area contributed by atoms with Crippen LogP contribution in [0.1, 0.15) is 77.6 Å². The molecule has 27 heavy (non-hydrogen) atoms. The van der Waals surface area contributed by atoms with E-state index in [4.69, 9.17) is 5.11 Å². The molecule has 1 rings (SSSR count). The molecule has 0 amide bonds. The summed E-state index contributed by atoms with van der Waals surface area (Å²) in [5.41, 5.74) is 0.832. The molecule has 2 N–H and O–H groups in total. The van der Waals surface area contributed by atoms with E-state index < -0.39 is 12.1 Å². The van der Waals surface area contributed by atoms with Crippen LogP contribution in [0.25, 0.3) is 0 Å². The summed E-state index contributed by atoms with van der Waals surface area (Å²) in [7, 11) is 0. The summed E-state index contributed by atoms with van der Waals surface area (Å²) < 4.78 is 0. The van der Waals surface area contributed by atoms with Gasteiger partial charge in [0.15, 0.2) is 0 Å². The van der Waals surface area contributed by atoms with Crippen LogP contribution in [-0.2, 0) is 9.59 Å². The van der Waals surface area contributed by atoms with Crippen LogP contribution in [0.15, 0.2) is 36.5 Å². The van der Waals surface area contributed by atoms with E-state index in [1.54, 1.807) is 6.08 Å². The molecule has 152 valence electrons. The third-order valence-electron chi connectivity index (χ3n) is 5.41. The maximum atomic E-state index is 12.2. The predicted molar refractivity (Wildman–Crippen MR) is 110 cm³/mol. The highest BCUT2D eigenvalue weighted by Gasteiger charge is 2.32. The zero-order valence-electron chi connectivity index (χ0n) is 16.7. The second kappa shape index (κ2) is 13.5. The Bertz CT molecular complexity index is 532. The molecule has 0 bridgehead atoms. The highest BCUT2D eigenvalue weighted by molar-refractivity contribution is 5.83. The van der Waals surface area contributed by atoms with E-state index >= 15 is 0 Å². The maximum absolute atomic E-state index is 12.2. The van der Waals surface area contributed by atoms with Crippen LogP contribution in [0.4, 0.5) is 0 Å². The SMILES string of the molecule is C=C/C(=C\C=C\[C@H]1CCC(=O)[C@@H]1CCCCCCC(=O)O)C(O)CCCC. The molecule has 0 saturated heterocycles. The Morgan fingerprint density at radius 2 is 2.00 bits per heavy atom. The predicted octanol–water partition coefficient (Wildman–Crippen LogP) is 5.23. The van der Waals surface area contributed by atoms with E-state index in [2.05, 4.69) is 19.6 Å². The minimum absolute atomic E-state index is 0.0892. The minimum atomic E-state index is -0.738. The normalized spacial score (nSPS) is 21.7. The Balaban J connectivity index is 2.48. The van der Waals surface area contributed by atoms with Crippen LogP contribution in [0.3, 0.4) is 0 Å². The molecule has 3 atom stereocenters. The summed E-state index contributed by atoms with van der Waals surface area (Å²) in [5, 5.41) is 18.8. The van der Waals surface area contributed by atoms with E-state index in [0.717, 1.165) is 56.9 Å². The molecule has 1 fully saturated rings. The number of allylic oxidation sites excluding steroid dienone is 3. The van der Waals surface area contributed by atoms with Gasteiger partial charge in [-0.2, -0.15) is 0 Å². The number of carboxylic acid groups (broad SMARTS) is 1. The third kappa shape index (κ3) is 9.18. The Hall–Kier alpha value is -1.68. The number of carbonyl (C=O) groups is 2. The monoisotopic (exact) mass is 376 g/mol. The maximum Gasteiger partial charge on any atom is 0.303 e. The van der Waals surface area contributed by atoms with E-state index in [1.807, 2.05) is 12.2 Å². The van der Waals surface area contributed by atoms with Gasteiger partial charge in [-0.15, -0.1) is 0 Å². The molecule has 0 aliphatic heterocycles. The van der Waals surface area contributed by atoms with Gasteiger partial charge in [0.1, 0.15) is 5.78 Å². The highest BCUT2D eigenvalue weighted by Crippen LogP contribution is 2.34. The molecule has 0 aromatic carbocycles. The van der Waals surface area contributed by atoms with Crippen molar-refractivity contribution in [1.29, 1.82) is 0 Å². The average molecular weight is 377 g/mol. The van der Waals surface area contributed by atoms with Crippen LogP contribution in [-0.4, -0.2) is 28.1 Å². The lowest BCUT2D eigenvalue weighted by Gasteiger charge is -2.15. The Kier molecular flexibility index (Phi) is 11.7. The Morgan fingerprint density at radius 1 is 1.26 bits per heavy atom. The minimum Gasteiger partial charge on any atom is -0.481 e. The molecule has 0 heterocycles. The first-order valence-electron chi connectivity index (χ1n) is 10.4. The number of rotatable bonds is 14. The van der Waals surface area contributed by atoms with E-state index in [-0.39, 0.29) is 18.3 Å². The van der Waals surface area contributed by atoms with Crippen molar-refractivity contribution in [2.45, 2.75) is 83.7 Å². The van der Waals surface area contributed by atoms with E-state index in [0.29, 0.717) is 18.6 Å². The molecule has 1 aliphatic rings. The second-order valence-electron chi connectivity index (χ2n) is 7.54. The van der Waals surface area contributed by atoms with Gasteiger partial charge in [0, 0.05) is 18.8 Å². The largest absolute Gasteiger partial charge is 0.481 e. The lowest BCUT2D eigenvalue weighted by molar-refractivity contribution is -0.137. The van der Waals surface area contributed by atoms with Crippen LogP contribution in [0.2, 0.25) is 0 Å². The molecule has 4 heteroatoms. The average Bonchev–Trinajstić information content (AvgIpc) is 2.99. The quantitative estimate of drug-likeness (QED) is 0.322. The van der Waals surface area contributed by atoms with Gasteiger partial charge in [-0.05, 0) is 37.2 Å². The summed E-state index contributed by atoms with van der Waals surface area (Å²) >= 11 is 0. The Morgan fingerprint density at radius 3 is 2.67 bits per heavy atom. The number of aliphatic hydroxyl groups is 1. The zero-order chi connectivity index (χ0) is 20.1. The number of hydrogen-bond acceptors (Lipinski definition) is 3. The van der Waals surface area contributed by atoms with E-state index in [9.17, 15) is 14.7 Å². The molecule has 0 radical (unpaired) electrons. The third-order valence-corrected chi connectivity index (χ3v) is 5.41. The topological polar surface area (TPSA) is 74.6 Å². The number of carbonyl (C=O) groups excluding carboxylic acids is 1. The van der Waals surface area contributed by atoms with Gasteiger partial charge in [0.2, 0.25) is 0 Å². The van der Waals surface area contributed by atoms with Gasteiger partial charge in [0.05, 0.1) is 6.10 Å². The summed E-state index contributed by atoms with van der Waals surface area (Å²) in [6, 6.07) is 0. The molecule has 1 aliphatic carbocycles. The summed E-state index contributed by atoms with van der Waals surface area (Å²) in [5.74, 6) is -0.0260. The first-order chi connectivity index (χ1) is 13.0. The van der Waals surface area contributed by atoms with Gasteiger partial charge in [0.25, 0.3) is 0 Å². The second-order valence-corrected chi connectivity index (χ2v) is 7.54. The molecule has 1 unspecified atom stereocenters. The molecular weight excluding hydrogens is 340 g/mol. The molecule has 0 spiro atoms. The van der Waals surface area contributed by atoms with Crippen molar-refractivity contribution in [2.24, 2.45) is 11.8 Å². The molecule has 1 saturated carbocycles. The van der Waals surface area contributed by atoms with Gasteiger partial charge in [-0.1, -0.05) is 69.9 Å². The molecular formula is C23H36O4. The van der Waals surface area contributed by atoms with Crippen molar-refractivity contribution in [3.05, 3.63) is 36.5 Å². The fraction of sp³-hybridized carbons (Fsp3) is 0.652. The lowest BCUT2D eigenvalue weighted by atomic mass is 9.89. The number of carboxylic acids is 1. The van der Waals surface area contributed by atoms with Gasteiger partial charge < -0.3 is 10.2 Å². The van der Waals surface area contributed by atoms with Crippen LogP contribution in [0, 0.1) is 11.8 Å². The molecule has 0 aromatic rings. The van der Waals surface area contributed by atoms with Crippen LogP contribution >= 0.6 is 0 Å². The first kappa shape index (κ1) is 23.4. The first-order valence-corrected chi connectivity index (χ1v) is 10.4. The number of aliphatic carboxylic acids is 1. The summed E-state index contributed by atoms with van der Waals surface area (Å²) in [4.78, 5) is 22.7. The van der Waals surface area contributed by atoms with Gasteiger partial charge in [-0.25, -0.2) is 0 Å². The van der Waals surface area contributed by atoms with Crippen molar-refractivity contribution in [2.75, 3.05) is 0 Å². The number of aliphatic hydroxyl groups excluding tert-OH is 1. The zero-order valence-corrected chi connectivity index (χ0v) is 16.7. The number of unbranched alkanes of at least 4 members (excludes halogenated alkanes) is 4. The number of Topliss-reactive ketones (excluding diaryl/α,β-unsaturated/α-hetero) is 1. The van der Waals surface area contributed by atoms with Crippen molar-refractivity contribution in [3.63, 3.8) is 0 Å². The number of ketones is 1. The fourth-order valence-electron chi connectivity index (χ4n) is 3.72. The summed E-state index contributed by atoms with van der Waals surface area (Å²) in [6.45, 7) is 5.89. The van der Waals surface area contributed by atoms with Crippen LogP contribution < -0.4 is 0 Å². The summed E-state index contributed by atoms with van der Waals surface area (Å²) in [6.07, 6.45) is 16.3. The van der Waals surface area contributed by atoms with E-state index in [1.165, 1.54) is 0 Å². The van der Waals surface area contributed by atoms with Gasteiger partial charge in [-0.3, -0.25) is 9.59 Å². The van der Waals surface area contributed by atoms with Gasteiger partial charge >= 0.3 is 5.97 Å². The Labute approximate surface area is 164 Å². The van der Waals surface area contributed by atoms with Crippen molar-refractivity contribution in [1.82, 2.24) is 0 Å². The highest BCUT2D eigenvalue weighted by atomic mass is 16.4. The molecule has 0 aromatic heterocycles. The van der Waals surface area contributed by atoms with Crippen molar-refractivity contribution >= 4 is 11.8 Å². The standard InChI is InChI=1S/C23H36O4/c1-3-5-14-21(24)18(4-2)11-10-12-19-16-17-22(25)20(19)13-8-6-7-9-15-23(26)27/h4,10-12,19-21,24H,2-3,5-9,13-17H2,1H3,(H,26,27)/b12-10+,18-11+/t19-,20+,21?/m0/s1. The smallest absolute Gasteiger partial charge is 0.303 e. The lowest BCUT2D eigenvalue weighted by Crippen LogP contribution is -2.13. The fourth-order valence-corrected chi connectivity index (χ4v) is 3.72.